The van der Waals surface area contributed by atoms with Crippen LogP contribution in [0.4, 0.5) is 16.2 Å². The van der Waals surface area contributed by atoms with Crippen LogP contribution >= 0.6 is 27.7 Å². The fourth-order valence-corrected chi connectivity index (χ4v) is 4.44. The highest BCUT2D eigenvalue weighted by molar-refractivity contribution is 9.10. The van der Waals surface area contributed by atoms with Crippen LogP contribution in [0.15, 0.2) is 57.9 Å². The van der Waals surface area contributed by atoms with E-state index in [4.69, 9.17) is 4.74 Å². The molecule has 4 rings (SSSR count). The van der Waals surface area contributed by atoms with E-state index in [9.17, 15) is 14.4 Å². The zero-order valence-corrected chi connectivity index (χ0v) is 18.9. The summed E-state index contributed by atoms with van der Waals surface area (Å²) in [5.41, 5.74) is 2.34. The van der Waals surface area contributed by atoms with Crippen LogP contribution < -0.4 is 10.2 Å². The van der Waals surface area contributed by atoms with Gasteiger partial charge in [0.15, 0.2) is 0 Å². The lowest BCUT2D eigenvalue weighted by atomic mass is 10.2. The number of ether oxygens (including phenoxy) is 1. The topological polar surface area (TPSA) is 79.0 Å². The zero-order valence-electron chi connectivity index (χ0n) is 16.5. The van der Waals surface area contributed by atoms with Crippen LogP contribution in [0.25, 0.3) is 6.08 Å². The summed E-state index contributed by atoms with van der Waals surface area (Å²) in [7, 11) is 0. The summed E-state index contributed by atoms with van der Waals surface area (Å²) < 4.78 is 6.32. The minimum atomic E-state index is -0.463. The van der Waals surface area contributed by atoms with Crippen molar-refractivity contribution in [3.05, 3.63) is 63.5 Å². The minimum Gasteiger partial charge on any atom is -0.378 e. The molecule has 2 fully saturated rings. The van der Waals surface area contributed by atoms with E-state index in [1.807, 2.05) is 48.5 Å². The number of nitrogens with one attached hydrogen (secondary N) is 1. The third-order valence-electron chi connectivity index (χ3n) is 4.87. The molecule has 0 aliphatic carbocycles. The number of anilines is 2. The summed E-state index contributed by atoms with van der Waals surface area (Å²) in [4.78, 5) is 41.1. The molecule has 31 heavy (non-hydrogen) atoms. The predicted molar refractivity (Wildman–Crippen MR) is 125 cm³/mol. The molecule has 2 aliphatic rings. The Kier molecular flexibility index (Phi) is 6.74. The van der Waals surface area contributed by atoms with Crippen LogP contribution in [0.2, 0.25) is 0 Å². The number of amides is 3. The minimum absolute atomic E-state index is 0.300. The second-order valence-electron chi connectivity index (χ2n) is 6.98. The lowest BCUT2D eigenvalue weighted by Crippen LogP contribution is -2.38. The number of carbonyl (C=O) groups excluding carboxylic acids is 3. The van der Waals surface area contributed by atoms with Crippen LogP contribution in [-0.2, 0) is 14.3 Å². The van der Waals surface area contributed by atoms with Crippen molar-refractivity contribution in [2.45, 2.75) is 0 Å². The third kappa shape index (κ3) is 5.17. The Hall–Kier alpha value is -2.62. The molecule has 160 valence electrons. The molecule has 3 amide bonds. The monoisotopic (exact) mass is 501 g/mol. The molecule has 0 aromatic heterocycles. The summed E-state index contributed by atoms with van der Waals surface area (Å²) in [6.45, 7) is 2.39. The van der Waals surface area contributed by atoms with Gasteiger partial charge in [0, 0.05) is 17.6 Å². The molecule has 1 N–H and O–H groups in total. The number of hydrogen-bond donors (Lipinski definition) is 1. The van der Waals surface area contributed by atoms with Gasteiger partial charge in [-0.25, -0.2) is 0 Å². The number of morpholine rings is 1. The first kappa shape index (κ1) is 21.6. The molecule has 0 unspecified atom stereocenters. The average Bonchev–Trinajstić information content (AvgIpc) is 3.03. The lowest BCUT2D eigenvalue weighted by Gasteiger charge is -2.30. The SMILES string of the molecule is O=C(CN1C(=O)S/C(=C/c2ccc(Br)cc2)C1=O)Nc1ccccc1N1CCOCC1. The van der Waals surface area contributed by atoms with Crippen LogP contribution in [0, 0.1) is 0 Å². The fraction of sp³-hybridized carbons (Fsp3) is 0.227. The van der Waals surface area contributed by atoms with Gasteiger partial charge in [-0.2, -0.15) is 0 Å². The van der Waals surface area contributed by atoms with Crippen molar-refractivity contribution < 1.29 is 19.1 Å². The van der Waals surface area contributed by atoms with Crippen LogP contribution in [0.1, 0.15) is 5.56 Å². The highest BCUT2D eigenvalue weighted by atomic mass is 79.9. The van der Waals surface area contributed by atoms with Crippen molar-refractivity contribution in [2.75, 3.05) is 43.1 Å². The number of carbonyl (C=O) groups is 3. The second kappa shape index (κ2) is 9.67. The van der Waals surface area contributed by atoms with E-state index in [1.54, 1.807) is 6.08 Å². The van der Waals surface area contributed by atoms with Crippen LogP contribution in [-0.4, -0.2) is 54.8 Å². The van der Waals surface area contributed by atoms with Gasteiger partial charge in [0.2, 0.25) is 5.91 Å². The van der Waals surface area contributed by atoms with Gasteiger partial charge in [0.05, 0.1) is 29.5 Å². The number of rotatable bonds is 5. The van der Waals surface area contributed by atoms with Crippen molar-refractivity contribution in [1.29, 1.82) is 0 Å². The summed E-state index contributed by atoms with van der Waals surface area (Å²) in [6, 6.07) is 14.9. The van der Waals surface area contributed by atoms with Gasteiger partial charge in [0.25, 0.3) is 11.1 Å². The van der Waals surface area contributed by atoms with Crippen LogP contribution in [0.3, 0.4) is 0 Å². The van der Waals surface area contributed by atoms with Crippen molar-refractivity contribution in [1.82, 2.24) is 4.90 Å². The Balaban J connectivity index is 1.44. The smallest absolute Gasteiger partial charge is 0.294 e. The average molecular weight is 502 g/mol. The quantitative estimate of drug-likeness (QED) is 0.624. The van der Waals surface area contributed by atoms with E-state index in [0.717, 1.165) is 45.5 Å². The van der Waals surface area contributed by atoms with E-state index in [2.05, 4.69) is 26.1 Å². The van der Waals surface area contributed by atoms with Gasteiger partial charge in [-0.1, -0.05) is 40.2 Å². The summed E-state index contributed by atoms with van der Waals surface area (Å²) in [5.74, 6) is -0.887. The van der Waals surface area contributed by atoms with E-state index in [-0.39, 0.29) is 6.54 Å². The Morgan fingerprint density at radius 2 is 1.81 bits per heavy atom. The molecule has 0 bridgehead atoms. The number of para-hydroxylation sites is 2. The van der Waals surface area contributed by atoms with Crippen molar-refractivity contribution in [3.8, 4) is 0 Å². The van der Waals surface area contributed by atoms with Gasteiger partial charge in [-0.3, -0.25) is 19.3 Å². The molecule has 0 saturated carbocycles. The highest BCUT2D eigenvalue weighted by Gasteiger charge is 2.36. The summed E-state index contributed by atoms with van der Waals surface area (Å²) in [5, 5.41) is 2.39. The molecule has 0 atom stereocenters. The van der Waals surface area contributed by atoms with Crippen molar-refractivity contribution in [2.24, 2.45) is 0 Å². The molecule has 0 spiro atoms. The van der Waals surface area contributed by atoms with Gasteiger partial charge in [-0.05, 0) is 47.7 Å². The molecule has 2 aromatic rings. The maximum Gasteiger partial charge on any atom is 0.294 e. The maximum absolute atomic E-state index is 12.7. The third-order valence-corrected chi connectivity index (χ3v) is 6.31. The number of nitrogens with zero attached hydrogens (tertiary/aromatic N) is 2. The van der Waals surface area contributed by atoms with Gasteiger partial charge >= 0.3 is 0 Å². The standard InChI is InChI=1S/C22H20BrN3O4S/c23-16-7-5-15(6-8-16)13-19-21(28)26(22(29)31-19)14-20(27)24-17-3-1-2-4-18(17)25-9-11-30-12-10-25/h1-8,13H,9-12,14H2,(H,24,27)/b19-13+. The number of benzene rings is 2. The molecular weight excluding hydrogens is 482 g/mol. The fourth-order valence-electron chi connectivity index (χ4n) is 3.34. The Morgan fingerprint density at radius 3 is 2.55 bits per heavy atom. The first-order valence-electron chi connectivity index (χ1n) is 9.74. The summed E-state index contributed by atoms with van der Waals surface area (Å²) >= 11 is 4.20. The van der Waals surface area contributed by atoms with E-state index in [1.165, 1.54) is 0 Å². The van der Waals surface area contributed by atoms with Crippen LogP contribution in [0.5, 0.6) is 0 Å². The second-order valence-corrected chi connectivity index (χ2v) is 8.89. The number of hydrogen-bond acceptors (Lipinski definition) is 6. The Morgan fingerprint density at radius 1 is 1.10 bits per heavy atom. The first-order valence-corrected chi connectivity index (χ1v) is 11.3. The normalized spacial score (nSPS) is 18.0. The molecular formula is C22H20BrN3O4S. The predicted octanol–water partition coefficient (Wildman–Crippen LogP) is 3.96. The maximum atomic E-state index is 12.7. The first-order chi connectivity index (χ1) is 15.0. The zero-order chi connectivity index (χ0) is 21.8. The van der Waals surface area contributed by atoms with Crippen molar-refractivity contribution in [3.63, 3.8) is 0 Å². The molecule has 2 saturated heterocycles. The molecule has 0 radical (unpaired) electrons. The Bertz CT molecular complexity index is 1040. The summed E-state index contributed by atoms with van der Waals surface area (Å²) in [6.07, 6.45) is 1.66. The molecule has 2 aromatic carbocycles. The van der Waals surface area contributed by atoms with E-state index < -0.39 is 17.1 Å². The molecule has 9 heteroatoms. The highest BCUT2D eigenvalue weighted by Crippen LogP contribution is 2.32. The Labute approximate surface area is 192 Å². The van der Waals surface area contributed by atoms with Crippen molar-refractivity contribution >= 4 is 62.2 Å². The molecule has 7 nitrogen and oxygen atoms in total. The molecule has 2 aliphatic heterocycles. The van der Waals surface area contributed by atoms with Gasteiger partial charge in [-0.15, -0.1) is 0 Å². The largest absolute Gasteiger partial charge is 0.378 e. The van der Waals surface area contributed by atoms with E-state index in [0.29, 0.717) is 23.8 Å². The van der Waals surface area contributed by atoms with E-state index >= 15 is 0 Å². The molecule has 2 heterocycles. The number of imide groups is 1. The van der Waals surface area contributed by atoms with Gasteiger partial charge < -0.3 is 15.0 Å². The van der Waals surface area contributed by atoms with Gasteiger partial charge in [0.1, 0.15) is 6.54 Å². The lowest BCUT2D eigenvalue weighted by molar-refractivity contribution is -0.127. The number of thioether (sulfide) groups is 1. The number of halogens is 1.